The van der Waals surface area contributed by atoms with E-state index >= 15 is 0 Å². The van der Waals surface area contributed by atoms with Gasteiger partial charge < -0.3 is 10.2 Å². The molecule has 0 aromatic heterocycles. The summed E-state index contributed by atoms with van der Waals surface area (Å²) in [7, 11) is 0. The normalized spacial score (nSPS) is 25.0. The first-order valence-electron chi connectivity index (χ1n) is 4.95. The first kappa shape index (κ1) is 10.0. The molecule has 0 aromatic carbocycles. The first-order valence-corrected chi connectivity index (χ1v) is 4.95. The Hall–Kier alpha value is -0.0800. The van der Waals surface area contributed by atoms with Gasteiger partial charge in [0.05, 0.1) is 11.7 Å². The van der Waals surface area contributed by atoms with Crippen LogP contribution in [0.15, 0.2) is 0 Å². The third kappa shape index (κ3) is 3.11. The van der Waals surface area contributed by atoms with Gasteiger partial charge in [-0.1, -0.05) is 6.92 Å². The molecule has 0 heterocycles. The van der Waals surface area contributed by atoms with Gasteiger partial charge in [0.25, 0.3) is 0 Å². The van der Waals surface area contributed by atoms with Crippen LogP contribution in [0.2, 0.25) is 0 Å². The third-order valence-corrected chi connectivity index (χ3v) is 2.91. The molecule has 72 valence electrons. The zero-order valence-electron chi connectivity index (χ0n) is 8.08. The molecule has 2 unspecified atom stereocenters. The molecule has 12 heavy (non-hydrogen) atoms. The van der Waals surface area contributed by atoms with Crippen molar-refractivity contribution in [2.75, 3.05) is 0 Å². The van der Waals surface area contributed by atoms with Crippen LogP contribution < -0.4 is 0 Å². The lowest BCUT2D eigenvalue weighted by atomic mass is 9.94. The fraction of sp³-hybridized carbons (Fsp3) is 1.00. The van der Waals surface area contributed by atoms with Gasteiger partial charge in [-0.3, -0.25) is 0 Å². The quantitative estimate of drug-likeness (QED) is 0.662. The van der Waals surface area contributed by atoms with E-state index in [9.17, 15) is 10.2 Å². The van der Waals surface area contributed by atoms with Gasteiger partial charge in [-0.25, -0.2) is 0 Å². The van der Waals surface area contributed by atoms with Crippen molar-refractivity contribution in [3.63, 3.8) is 0 Å². The van der Waals surface area contributed by atoms with Gasteiger partial charge in [-0.2, -0.15) is 0 Å². The Morgan fingerprint density at radius 3 is 2.50 bits per heavy atom. The second-order valence-electron chi connectivity index (χ2n) is 4.29. The molecule has 0 aliphatic heterocycles. The maximum absolute atomic E-state index is 9.66. The number of aliphatic hydroxyl groups excluding tert-OH is 1. The Kier molecular flexibility index (Phi) is 3.13. The largest absolute Gasteiger partial charge is 0.393 e. The summed E-state index contributed by atoms with van der Waals surface area (Å²) in [6.45, 7) is 3.82. The van der Waals surface area contributed by atoms with Crippen LogP contribution in [0.25, 0.3) is 0 Å². The highest BCUT2D eigenvalue weighted by atomic mass is 16.3. The predicted molar refractivity (Wildman–Crippen MR) is 48.9 cm³/mol. The molecule has 1 fully saturated rings. The zero-order chi connectivity index (χ0) is 9.19. The molecule has 2 nitrogen and oxygen atoms in total. The summed E-state index contributed by atoms with van der Waals surface area (Å²) >= 11 is 0. The van der Waals surface area contributed by atoms with Gasteiger partial charge in [0.15, 0.2) is 0 Å². The molecule has 0 saturated heterocycles. The maximum atomic E-state index is 9.66. The molecule has 1 aliphatic carbocycles. The average molecular weight is 172 g/mol. The second-order valence-corrected chi connectivity index (χ2v) is 4.29. The minimum atomic E-state index is -0.574. The van der Waals surface area contributed by atoms with Crippen molar-refractivity contribution in [1.82, 2.24) is 0 Å². The van der Waals surface area contributed by atoms with Crippen molar-refractivity contribution in [2.45, 2.75) is 57.7 Å². The molecule has 0 spiro atoms. The van der Waals surface area contributed by atoms with Crippen LogP contribution in [0.3, 0.4) is 0 Å². The van der Waals surface area contributed by atoms with Crippen molar-refractivity contribution in [3.05, 3.63) is 0 Å². The van der Waals surface area contributed by atoms with E-state index in [2.05, 4.69) is 0 Å². The summed E-state index contributed by atoms with van der Waals surface area (Å²) in [5, 5.41) is 19.2. The molecular formula is C10H20O2. The van der Waals surface area contributed by atoms with E-state index in [1.165, 1.54) is 12.8 Å². The SMILES string of the molecule is CCC(C)(O)CCC(O)C1CC1. The molecule has 2 heteroatoms. The summed E-state index contributed by atoms with van der Waals surface area (Å²) in [6.07, 6.45) is 4.44. The molecule has 1 rings (SSSR count). The van der Waals surface area contributed by atoms with E-state index in [1.54, 1.807) is 0 Å². The summed E-state index contributed by atoms with van der Waals surface area (Å²) in [5.74, 6) is 0.539. The standard InChI is InChI=1S/C10H20O2/c1-3-10(2,12)7-6-9(11)8-4-5-8/h8-9,11-12H,3-7H2,1-2H3. The van der Waals surface area contributed by atoms with Gasteiger partial charge >= 0.3 is 0 Å². The first-order chi connectivity index (χ1) is 5.55. The van der Waals surface area contributed by atoms with Crippen molar-refractivity contribution in [1.29, 1.82) is 0 Å². The Morgan fingerprint density at radius 1 is 1.50 bits per heavy atom. The lowest BCUT2D eigenvalue weighted by Crippen LogP contribution is -2.25. The van der Waals surface area contributed by atoms with Gasteiger partial charge in [-0.05, 0) is 44.9 Å². The third-order valence-electron chi connectivity index (χ3n) is 2.91. The van der Waals surface area contributed by atoms with Crippen molar-refractivity contribution in [2.24, 2.45) is 5.92 Å². The van der Waals surface area contributed by atoms with E-state index in [1.807, 2.05) is 13.8 Å². The van der Waals surface area contributed by atoms with Gasteiger partial charge in [0, 0.05) is 0 Å². The molecule has 1 saturated carbocycles. The molecule has 0 radical (unpaired) electrons. The van der Waals surface area contributed by atoms with Crippen LogP contribution >= 0.6 is 0 Å². The lowest BCUT2D eigenvalue weighted by Gasteiger charge is -2.22. The van der Waals surface area contributed by atoms with E-state index < -0.39 is 5.60 Å². The van der Waals surface area contributed by atoms with E-state index in [0.29, 0.717) is 5.92 Å². The van der Waals surface area contributed by atoms with Crippen LogP contribution in [-0.4, -0.2) is 21.9 Å². The highest BCUT2D eigenvalue weighted by Gasteiger charge is 2.30. The fourth-order valence-electron chi connectivity index (χ4n) is 1.35. The minimum absolute atomic E-state index is 0.164. The number of aliphatic hydroxyl groups is 2. The van der Waals surface area contributed by atoms with Gasteiger partial charge in [0.1, 0.15) is 0 Å². The van der Waals surface area contributed by atoms with Crippen LogP contribution in [0.4, 0.5) is 0 Å². The second kappa shape index (κ2) is 3.75. The number of rotatable bonds is 5. The minimum Gasteiger partial charge on any atom is -0.393 e. The Bertz CT molecular complexity index is 139. The lowest BCUT2D eigenvalue weighted by molar-refractivity contribution is 0.0254. The Labute approximate surface area is 74.6 Å². The van der Waals surface area contributed by atoms with Crippen LogP contribution in [0, 0.1) is 5.92 Å². The Morgan fingerprint density at radius 2 is 2.08 bits per heavy atom. The summed E-state index contributed by atoms with van der Waals surface area (Å²) in [6, 6.07) is 0. The molecule has 0 amide bonds. The van der Waals surface area contributed by atoms with Crippen molar-refractivity contribution < 1.29 is 10.2 Å². The highest BCUT2D eigenvalue weighted by molar-refractivity contribution is 4.82. The van der Waals surface area contributed by atoms with Gasteiger partial charge in [0.2, 0.25) is 0 Å². The number of hydrogen-bond acceptors (Lipinski definition) is 2. The number of hydrogen-bond donors (Lipinski definition) is 2. The molecule has 0 bridgehead atoms. The zero-order valence-corrected chi connectivity index (χ0v) is 8.08. The van der Waals surface area contributed by atoms with Crippen LogP contribution in [0.5, 0.6) is 0 Å². The van der Waals surface area contributed by atoms with Crippen LogP contribution in [-0.2, 0) is 0 Å². The predicted octanol–water partition coefficient (Wildman–Crippen LogP) is 1.70. The van der Waals surface area contributed by atoms with E-state index in [0.717, 1.165) is 19.3 Å². The monoisotopic (exact) mass is 172 g/mol. The maximum Gasteiger partial charge on any atom is 0.0618 e. The van der Waals surface area contributed by atoms with E-state index in [-0.39, 0.29) is 6.10 Å². The topological polar surface area (TPSA) is 40.5 Å². The molecular weight excluding hydrogens is 152 g/mol. The average Bonchev–Trinajstić information content (AvgIpc) is 2.83. The summed E-state index contributed by atoms with van der Waals surface area (Å²) in [4.78, 5) is 0. The smallest absolute Gasteiger partial charge is 0.0618 e. The molecule has 0 aromatic rings. The Balaban J connectivity index is 2.14. The summed E-state index contributed by atoms with van der Waals surface area (Å²) in [5.41, 5.74) is -0.574. The highest BCUT2D eigenvalue weighted by Crippen LogP contribution is 2.35. The molecule has 1 aliphatic rings. The van der Waals surface area contributed by atoms with Crippen molar-refractivity contribution in [3.8, 4) is 0 Å². The molecule has 2 N–H and O–H groups in total. The van der Waals surface area contributed by atoms with Crippen molar-refractivity contribution >= 4 is 0 Å². The fourth-order valence-corrected chi connectivity index (χ4v) is 1.35. The summed E-state index contributed by atoms with van der Waals surface area (Å²) < 4.78 is 0. The van der Waals surface area contributed by atoms with E-state index in [4.69, 9.17) is 0 Å². The van der Waals surface area contributed by atoms with Gasteiger partial charge in [-0.15, -0.1) is 0 Å². The van der Waals surface area contributed by atoms with Crippen LogP contribution in [0.1, 0.15) is 46.0 Å². The molecule has 2 atom stereocenters.